The van der Waals surface area contributed by atoms with E-state index >= 15 is 0 Å². The maximum Gasteiger partial charge on any atom is 0.128 e. The Morgan fingerprint density at radius 1 is 1.39 bits per heavy atom. The van der Waals surface area contributed by atoms with Gasteiger partial charge in [-0.3, -0.25) is 16.2 Å². The third kappa shape index (κ3) is 2.34. The molecule has 1 aromatic rings. The first-order valence-electron chi connectivity index (χ1n) is 6.49. The molecule has 18 heavy (non-hydrogen) atoms. The zero-order valence-corrected chi connectivity index (χ0v) is 11.2. The Hall–Kier alpha value is -1.17. The van der Waals surface area contributed by atoms with E-state index in [1.165, 1.54) is 12.8 Å². The van der Waals surface area contributed by atoms with Gasteiger partial charge in [0.2, 0.25) is 0 Å². The maximum atomic E-state index is 5.97. The van der Waals surface area contributed by atoms with Gasteiger partial charge in [-0.1, -0.05) is 6.07 Å². The Kier molecular flexibility index (Phi) is 3.85. The van der Waals surface area contributed by atoms with E-state index in [-0.39, 0.29) is 11.6 Å². The number of hydrogen-bond donors (Lipinski definition) is 3. The van der Waals surface area contributed by atoms with E-state index in [1.807, 2.05) is 12.1 Å². The number of anilines is 1. The lowest BCUT2D eigenvalue weighted by atomic mass is 9.87. The summed E-state index contributed by atoms with van der Waals surface area (Å²) in [5.74, 6) is 6.32. The van der Waals surface area contributed by atoms with Crippen LogP contribution in [0.4, 0.5) is 5.82 Å². The van der Waals surface area contributed by atoms with Crippen molar-refractivity contribution in [2.24, 2.45) is 5.84 Å². The lowest BCUT2D eigenvalue weighted by molar-refractivity contribution is 0.107. The SMILES string of the molecule is CC(C)(C(NN)c1cccnc1N)N1CCCC1. The van der Waals surface area contributed by atoms with Crippen molar-refractivity contribution in [1.29, 1.82) is 0 Å². The molecule has 5 N–H and O–H groups in total. The van der Waals surface area contributed by atoms with Crippen LogP contribution in [0.3, 0.4) is 0 Å². The van der Waals surface area contributed by atoms with Crippen molar-refractivity contribution in [3.05, 3.63) is 23.9 Å². The molecule has 0 saturated carbocycles. The van der Waals surface area contributed by atoms with Crippen molar-refractivity contribution in [3.8, 4) is 0 Å². The van der Waals surface area contributed by atoms with Gasteiger partial charge < -0.3 is 5.73 Å². The van der Waals surface area contributed by atoms with E-state index < -0.39 is 0 Å². The highest BCUT2D eigenvalue weighted by atomic mass is 15.3. The maximum absolute atomic E-state index is 5.97. The van der Waals surface area contributed by atoms with Gasteiger partial charge in [0.15, 0.2) is 0 Å². The van der Waals surface area contributed by atoms with Crippen molar-refractivity contribution in [2.45, 2.75) is 38.3 Å². The number of rotatable bonds is 4. The van der Waals surface area contributed by atoms with E-state index in [0.717, 1.165) is 18.7 Å². The van der Waals surface area contributed by atoms with E-state index in [4.69, 9.17) is 11.6 Å². The smallest absolute Gasteiger partial charge is 0.128 e. The van der Waals surface area contributed by atoms with Crippen molar-refractivity contribution in [2.75, 3.05) is 18.8 Å². The van der Waals surface area contributed by atoms with Gasteiger partial charge in [-0.05, 0) is 45.8 Å². The minimum absolute atomic E-state index is 0.0238. The van der Waals surface area contributed by atoms with Crippen LogP contribution in [0.1, 0.15) is 38.3 Å². The van der Waals surface area contributed by atoms with Gasteiger partial charge in [-0.2, -0.15) is 0 Å². The first-order chi connectivity index (χ1) is 8.57. The van der Waals surface area contributed by atoms with E-state index in [1.54, 1.807) is 6.20 Å². The third-order valence-electron chi connectivity index (χ3n) is 3.98. The number of hydrogen-bond acceptors (Lipinski definition) is 5. The molecule has 1 unspecified atom stereocenters. The molecule has 0 spiro atoms. The monoisotopic (exact) mass is 249 g/mol. The fourth-order valence-electron chi connectivity index (χ4n) is 2.82. The molecule has 2 rings (SSSR count). The lowest BCUT2D eigenvalue weighted by Crippen LogP contribution is -2.53. The topological polar surface area (TPSA) is 80.2 Å². The molecule has 0 bridgehead atoms. The van der Waals surface area contributed by atoms with Gasteiger partial charge in [0.1, 0.15) is 5.82 Å². The van der Waals surface area contributed by atoms with Crippen molar-refractivity contribution in [3.63, 3.8) is 0 Å². The number of nitrogens with one attached hydrogen (secondary N) is 1. The predicted octanol–water partition coefficient (Wildman–Crippen LogP) is 1.04. The Morgan fingerprint density at radius 2 is 2.06 bits per heavy atom. The van der Waals surface area contributed by atoms with Gasteiger partial charge in [0.25, 0.3) is 0 Å². The molecule has 1 aliphatic rings. The van der Waals surface area contributed by atoms with Crippen LogP contribution in [-0.4, -0.2) is 28.5 Å². The van der Waals surface area contributed by atoms with Crippen molar-refractivity contribution in [1.82, 2.24) is 15.3 Å². The molecule has 0 radical (unpaired) electrons. The highest BCUT2D eigenvalue weighted by Crippen LogP contribution is 2.34. The fourth-order valence-corrected chi connectivity index (χ4v) is 2.82. The summed E-state index contributed by atoms with van der Waals surface area (Å²) >= 11 is 0. The summed E-state index contributed by atoms with van der Waals surface area (Å²) in [5, 5.41) is 0. The quantitative estimate of drug-likeness (QED) is 0.549. The molecule has 0 aromatic carbocycles. The summed E-state index contributed by atoms with van der Waals surface area (Å²) in [6.45, 7) is 6.64. The van der Waals surface area contributed by atoms with Crippen molar-refractivity contribution >= 4 is 5.82 Å². The normalized spacial score (nSPS) is 19.1. The summed E-state index contributed by atoms with van der Waals surface area (Å²) in [5.41, 5.74) is 9.77. The number of aromatic nitrogens is 1. The molecule has 1 fully saturated rings. The zero-order valence-electron chi connectivity index (χ0n) is 11.2. The number of nitrogen functional groups attached to an aromatic ring is 1. The van der Waals surface area contributed by atoms with Crippen LogP contribution in [-0.2, 0) is 0 Å². The Balaban J connectivity index is 2.30. The molecule has 1 atom stereocenters. The minimum Gasteiger partial charge on any atom is -0.383 e. The van der Waals surface area contributed by atoms with Gasteiger partial charge in [-0.25, -0.2) is 4.98 Å². The zero-order chi connectivity index (χ0) is 13.2. The average Bonchev–Trinajstić information content (AvgIpc) is 2.86. The molecule has 5 heteroatoms. The molecule has 0 aliphatic carbocycles. The largest absolute Gasteiger partial charge is 0.383 e. The molecule has 0 amide bonds. The van der Waals surface area contributed by atoms with Gasteiger partial charge in [0.05, 0.1) is 6.04 Å². The number of likely N-dealkylation sites (tertiary alicyclic amines) is 1. The summed E-state index contributed by atoms with van der Waals surface area (Å²) in [6.07, 6.45) is 4.21. The highest BCUT2D eigenvalue weighted by Gasteiger charge is 2.38. The molecule has 100 valence electrons. The molecule has 5 nitrogen and oxygen atoms in total. The fraction of sp³-hybridized carbons (Fsp3) is 0.615. The van der Waals surface area contributed by atoms with Crippen LogP contribution in [0.15, 0.2) is 18.3 Å². The molecule has 1 aromatic heterocycles. The minimum atomic E-state index is -0.0809. The number of pyridine rings is 1. The third-order valence-corrected chi connectivity index (χ3v) is 3.98. The van der Waals surface area contributed by atoms with Crippen molar-refractivity contribution < 1.29 is 0 Å². The average molecular weight is 249 g/mol. The summed E-state index contributed by atoms with van der Waals surface area (Å²) < 4.78 is 0. The number of nitrogens with two attached hydrogens (primary N) is 2. The lowest BCUT2D eigenvalue weighted by Gasteiger charge is -2.42. The Labute approximate surface area is 109 Å². The molecule has 1 saturated heterocycles. The van der Waals surface area contributed by atoms with E-state index in [9.17, 15) is 0 Å². The van der Waals surface area contributed by atoms with Crippen LogP contribution in [0.2, 0.25) is 0 Å². The van der Waals surface area contributed by atoms with Crippen LogP contribution in [0.5, 0.6) is 0 Å². The highest BCUT2D eigenvalue weighted by molar-refractivity contribution is 5.42. The van der Waals surface area contributed by atoms with E-state index in [2.05, 4.69) is 29.2 Å². The van der Waals surface area contributed by atoms with Crippen LogP contribution >= 0.6 is 0 Å². The number of nitrogens with zero attached hydrogens (tertiary/aromatic N) is 2. The molecule has 2 heterocycles. The first-order valence-corrected chi connectivity index (χ1v) is 6.49. The Morgan fingerprint density at radius 3 is 2.61 bits per heavy atom. The molecular weight excluding hydrogens is 226 g/mol. The number of hydrazine groups is 1. The van der Waals surface area contributed by atoms with Gasteiger partial charge in [0, 0.05) is 17.3 Å². The van der Waals surface area contributed by atoms with Crippen LogP contribution in [0, 0.1) is 0 Å². The Bertz CT molecular complexity index is 398. The second kappa shape index (κ2) is 5.22. The molecular formula is C13H23N5. The first kappa shape index (κ1) is 13.3. The van der Waals surface area contributed by atoms with Gasteiger partial charge in [-0.15, -0.1) is 0 Å². The summed E-state index contributed by atoms with van der Waals surface area (Å²) in [4.78, 5) is 6.61. The second-order valence-electron chi connectivity index (χ2n) is 5.43. The van der Waals surface area contributed by atoms with Crippen LogP contribution in [0.25, 0.3) is 0 Å². The van der Waals surface area contributed by atoms with Crippen LogP contribution < -0.4 is 17.0 Å². The second-order valence-corrected chi connectivity index (χ2v) is 5.43. The predicted molar refractivity (Wildman–Crippen MR) is 73.6 cm³/mol. The van der Waals surface area contributed by atoms with Gasteiger partial charge >= 0.3 is 0 Å². The summed E-state index contributed by atoms with van der Waals surface area (Å²) in [7, 11) is 0. The summed E-state index contributed by atoms with van der Waals surface area (Å²) in [6, 6.07) is 3.87. The van der Waals surface area contributed by atoms with E-state index in [0.29, 0.717) is 5.82 Å². The molecule has 1 aliphatic heterocycles. The standard InChI is InChI=1S/C13H23N5/c1-13(2,18-8-3-4-9-18)11(17-15)10-6-5-7-16-12(10)14/h5-7,11,17H,3-4,8-9,15H2,1-2H3,(H2,14,16).